The van der Waals surface area contributed by atoms with E-state index in [1.54, 1.807) is 47.2 Å². The fraction of sp³-hybridized carbons (Fsp3) is 0. The Kier molecular flexibility index (Phi) is 5.09. The molecule has 2 amide bonds. The van der Waals surface area contributed by atoms with E-state index in [1.165, 1.54) is 29.5 Å². The number of carbonyl (C=O) groups excluding carboxylic acids is 3. The van der Waals surface area contributed by atoms with Gasteiger partial charge in [-0.1, -0.05) is 18.2 Å². The lowest BCUT2D eigenvalue weighted by Crippen LogP contribution is -2.17. The van der Waals surface area contributed by atoms with Crippen LogP contribution in [0, 0.1) is 0 Å². The zero-order chi connectivity index (χ0) is 18.5. The fourth-order valence-corrected chi connectivity index (χ4v) is 2.87. The minimum absolute atomic E-state index is 0.185. The maximum Gasteiger partial charge on any atom is 0.345 e. The summed E-state index contributed by atoms with van der Waals surface area (Å²) in [7, 11) is 0. The zero-order valence-corrected chi connectivity index (χ0v) is 14.3. The molecule has 0 aliphatic rings. The minimum atomic E-state index is -0.659. The van der Waals surface area contributed by atoms with Crippen LogP contribution in [0.1, 0.15) is 31.1 Å². The summed E-state index contributed by atoms with van der Waals surface area (Å²) in [5, 5.41) is 6.21. The summed E-state index contributed by atoms with van der Waals surface area (Å²) in [6.07, 6.45) is 0. The number of carbonyl (C=O) groups is 3. The van der Waals surface area contributed by atoms with E-state index in [1.807, 2.05) is 0 Å². The van der Waals surface area contributed by atoms with Crippen molar-refractivity contribution in [2.24, 2.45) is 5.73 Å². The molecule has 3 N–H and O–H groups in total. The third-order valence-corrected chi connectivity index (χ3v) is 4.19. The first-order chi connectivity index (χ1) is 12.5. The number of esters is 1. The Labute approximate surface area is 153 Å². The van der Waals surface area contributed by atoms with Crippen LogP contribution in [0.3, 0.4) is 0 Å². The van der Waals surface area contributed by atoms with Crippen LogP contribution < -0.4 is 15.8 Å². The zero-order valence-electron chi connectivity index (χ0n) is 13.5. The van der Waals surface area contributed by atoms with Gasteiger partial charge >= 0.3 is 5.97 Å². The standard InChI is InChI=1S/C19H14N2O4S/c20-17(22)12-4-3-5-14(10-12)25-19(24)15-6-1-2-7-16(15)21-18(23)13-8-9-26-11-13/h1-11H,(H2,20,22)(H,21,23). The Morgan fingerprint density at radius 1 is 0.962 bits per heavy atom. The van der Waals surface area contributed by atoms with Gasteiger partial charge in [0, 0.05) is 10.9 Å². The number of rotatable bonds is 5. The van der Waals surface area contributed by atoms with Crippen molar-refractivity contribution < 1.29 is 19.1 Å². The number of anilines is 1. The highest BCUT2D eigenvalue weighted by molar-refractivity contribution is 7.08. The summed E-state index contributed by atoms with van der Waals surface area (Å²) in [5.41, 5.74) is 6.49. The summed E-state index contributed by atoms with van der Waals surface area (Å²) in [5.74, 6) is -1.41. The van der Waals surface area contributed by atoms with Crippen LogP contribution in [-0.4, -0.2) is 17.8 Å². The molecule has 0 spiro atoms. The number of hydrogen-bond acceptors (Lipinski definition) is 5. The summed E-state index contributed by atoms with van der Waals surface area (Å²) in [4.78, 5) is 35.9. The van der Waals surface area contributed by atoms with E-state index in [4.69, 9.17) is 10.5 Å². The van der Waals surface area contributed by atoms with Crippen LogP contribution in [0.5, 0.6) is 5.75 Å². The average molecular weight is 366 g/mol. The first-order valence-electron chi connectivity index (χ1n) is 7.59. The Morgan fingerprint density at radius 2 is 1.77 bits per heavy atom. The number of benzene rings is 2. The normalized spacial score (nSPS) is 10.2. The van der Waals surface area contributed by atoms with Crippen LogP contribution in [0.2, 0.25) is 0 Å². The van der Waals surface area contributed by atoms with Gasteiger partial charge in [0.15, 0.2) is 0 Å². The lowest BCUT2D eigenvalue weighted by atomic mass is 10.1. The lowest BCUT2D eigenvalue weighted by molar-refractivity contribution is 0.0734. The highest BCUT2D eigenvalue weighted by Crippen LogP contribution is 2.21. The molecule has 0 saturated carbocycles. The third-order valence-electron chi connectivity index (χ3n) is 3.51. The van der Waals surface area contributed by atoms with Gasteiger partial charge in [-0.25, -0.2) is 4.79 Å². The van der Waals surface area contributed by atoms with Crippen LogP contribution >= 0.6 is 11.3 Å². The van der Waals surface area contributed by atoms with E-state index in [9.17, 15) is 14.4 Å². The van der Waals surface area contributed by atoms with Gasteiger partial charge < -0.3 is 15.8 Å². The number of hydrogen-bond donors (Lipinski definition) is 2. The third kappa shape index (κ3) is 3.96. The molecule has 3 aromatic rings. The number of amides is 2. The van der Waals surface area contributed by atoms with Gasteiger partial charge in [0.2, 0.25) is 5.91 Å². The van der Waals surface area contributed by atoms with Crippen molar-refractivity contribution in [3.05, 3.63) is 82.0 Å². The number of nitrogens with one attached hydrogen (secondary N) is 1. The molecule has 130 valence electrons. The number of primary amides is 1. The van der Waals surface area contributed by atoms with Crippen LogP contribution in [0.4, 0.5) is 5.69 Å². The van der Waals surface area contributed by atoms with Crippen molar-refractivity contribution in [3.8, 4) is 5.75 Å². The Bertz CT molecular complexity index is 967. The van der Waals surface area contributed by atoms with Gasteiger partial charge in [-0.15, -0.1) is 0 Å². The molecule has 0 bridgehead atoms. The molecule has 26 heavy (non-hydrogen) atoms. The fourth-order valence-electron chi connectivity index (χ4n) is 2.23. The molecule has 2 aromatic carbocycles. The summed E-state index contributed by atoms with van der Waals surface area (Å²) >= 11 is 1.40. The molecule has 0 aliphatic carbocycles. The molecule has 0 fully saturated rings. The molecule has 0 radical (unpaired) electrons. The van der Waals surface area contributed by atoms with Crippen molar-refractivity contribution in [3.63, 3.8) is 0 Å². The molecule has 0 unspecified atom stereocenters. The molecular formula is C19H14N2O4S. The predicted molar refractivity (Wildman–Crippen MR) is 98.6 cm³/mol. The van der Waals surface area contributed by atoms with Gasteiger partial charge in [-0.2, -0.15) is 11.3 Å². The van der Waals surface area contributed by atoms with Crippen molar-refractivity contribution in [2.75, 3.05) is 5.32 Å². The van der Waals surface area contributed by atoms with E-state index in [2.05, 4.69) is 5.32 Å². The van der Waals surface area contributed by atoms with E-state index < -0.39 is 11.9 Å². The molecule has 6 nitrogen and oxygen atoms in total. The Hall–Kier alpha value is -3.45. The molecular weight excluding hydrogens is 352 g/mol. The van der Waals surface area contributed by atoms with Crippen molar-refractivity contribution in [2.45, 2.75) is 0 Å². The largest absolute Gasteiger partial charge is 0.423 e. The highest BCUT2D eigenvalue weighted by Gasteiger charge is 2.16. The first kappa shape index (κ1) is 17.4. The van der Waals surface area contributed by atoms with Gasteiger partial charge in [0.05, 0.1) is 16.8 Å². The van der Waals surface area contributed by atoms with E-state index >= 15 is 0 Å². The predicted octanol–water partition coefficient (Wildman–Crippen LogP) is 3.32. The van der Waals surface area contributed by atoms with E-state index in [-0.39, 0.29) is 22.8 Å². The van der Waals surface area contributed by atoms with Gasteiger partial charge in [0.1, 0.15) is 5.75 Å². The smallest absolute Gasteiger partial charge is 0.345 e. The molecule has 1 heterocycles. The van der Waals surface area contributed by atoms with Crippen molar-refractivity contribution >= 4 is 34.8 Å². The second kappa shape index (κ2) is 7.62. The molecule has 1 aromatic heterocycles. The summed E-state index contributed by atoms with van der Waals surface area (Å²) in [6, 6.07) is 14.2. The minimum Gasteiger partial charge on any atom is -0.423 e. The van der Waals surface area contributed by atoms with Crippen molar-refractivity contribution in [1.82, 2.24) is 0 Å². The summed E-state index contributed by atoms with van der Waals surface area (Å²) < 4.78 is 5.31. The van der Waals surface area contributed by atoms with Crippen LogP contribution in [0.15, 0.2) is 65.4 Å². The molecule has 0 aliphatic heterocycles. The first-order valence-corrected chi connectivity index (χ1v) is 8.53. The van der Waals surface area contributed by atoms with Crippen LogP contribution in [0.25, 0.3) is 0 Å². The SMILES string of the molecule is NC(=O)c1cccc(OC(=O)c2ccccc2NC(=O)c2ccsc2)c1. The second-order valence-electron chi connectivity index (χ2n) is 5.29. The maximum absolute atomic E-state index is 12.5. The van der Waals surface area contributed by atoms with Gasteiger partial charge in [-0.3, -0.25) is 9.59 Å². The average Bonchev–Trinajstić information content (AvgIpc) is 3.17. The Morgan fingerprint density at radius 3 is 2.50 bits per heavy atom. The van der Waals surface area contributed by atoms with E-state index in [0.717, 1.165) is 0 Å². The number of para-hydroxylation sites is 1. The topological polar surface area (TPSA) is 98.5 Å². The highest BCUT2D eigenvalue weighted by atomic mass is 32.1. The lowest BCUT2D eigenvalue weighted by Gasteiger charge is -2.10. The van der Waals surface area contributed by atoms with Crippen molar-refractivity contribution in [1.29, 1.82) is 0 Å². The van der Waals surface area contributed by atoms with E-state index in [0.29, 0.717) is 11.3 Å². The Balaban J connectivity index is 1.81. The van der Waals surface area contributed by atoms with Crippen LogP contribution in [-0.2, 0) is 0 Å². The number of thiophene rings is 1. The number of ether oxygens (including phenoxy) is 1. The molecule has 3 rings (SSSR count). The van der Waals surface area contributed by atoms with Gasteiger partial charge in [0.25, 0.3) is 5.91 Å². The molecule has 0 saturated heterocycles. The number of nitrogens with two attached hydrogens (primary N) is 1. The molecule has 0 atom stereocenters. The maximum atomic E-state index is 12.5. The quantitative estimate of drug-likeness (QED) is 0.534. The summed E-state index contributed by atoms with van der Waals surface area (Å²) in [6.45, 7) is 0. The second-order valence-corrected chi connectivity index (χ2v) is 6.07. The van der Waals surface area contributed by atoms with Gasteiger partial charge in [-0.05, 0) is 41.8 Å². The molecule has 7 heteroatoms. The monoisotopic (exact) mass is 366 g/mol.